The lowest BCUT2D eigenvalue weighted by atomic mass is 10.4. The highest BCUT2D eigenvalue weighted by Crippen LogP contribution is 2.06. The van der Waals surface area contributed by atoms with Gasteiger partial charge < -0.3 is 14.7 Å². The lowest BCUT2D eigenvalue weighted by molar-refractivity contribution is -0.129. The summed E-state index contributed by atoms with van der Waals surface area (Å²) >= 11 is 1.66. The molecule has 96 valence electrons. The second kappa shape index (κ2) is 11.2. The first kappa shape index (κ1) is 15.7. The number of amides is 1. The average molecular weight is 249 g/mol. The van der Waals surface area contributed by atoms with Crippen molar-refractivity contribution in [2.45, 2.75) is 19.8 Å². The number of thioether (sulfide) groups is 1. The van der Waals surface area contributed by atoms with Gasteiger partial charge in [0, 0.05) is 20.2 Å². The van der Waals surface area contributed by atoms with E-state index in [4.69, 9.17) is 9.84 Å². The number of nitrogens with zero attached hydrogens (tertiary/aromatic N) is 1. The fourth-order valence-corrected chi connectivity index (χ4v) is 2.17. The van der Waals surface area contributed by atoms with E-state index < -0.39 is 0 Å². The molecule has 0 fully saturated rings. The van der Waals surface area contributed by atoms with Crippen LogP contribution < -0.4 is 0 Å². The first-order valence-electron chi connectivity index (χ1n) is 5.71. The average Bonchev–Trinajstić information content (AvgIpc) is 2.29. The molecule has 0 aliphatic rings. The molecule has 1 amide bonds. The summed E-state index contributed by atoms with van der Waals surface area (Å²) in [6.45, 7) is 3.63. The topological polar surface area (TPSA) is 49.8 Å². The predicted octanol–water partition coefficient (Wildman–Crippen LogP) is 0.987. The maximum Gasteiger partial charge on any atom is 0.232 e. The third-order valence-electron chi connectivity index (χ3n) is 2.16. The molecule has 16 heavy (non-hydrogen) atoms. The Balaban J connectivity index is 3.77. The van der Waals surface area contributed by atoms with Gasteiger partial charge in [-0.1, -0.05) is 13.3 Å². The Morgan fingerprint density at radius 1 is 1.44 bits per heavy atom. The van der Waals surface area contributed by atoms with Crippen LogP contribution in [0.2, 0.25) is 0 Å². The predicted molar refractivity (Wildman–Crippen MR) is 67.8 cm³/mol. The number of hydrogen-bond donors (Lipinski definition) is 1. The number of hydrogen-bond acceptors (Lipinski definition) is 4. The molecule has 0 bridgehead atoms. The Morgan fingerprint density at radius 3 is 2.75 bits per heavy atom. The van der Waals surface area contributed by atoms with Gasteiger partial charge in [0.25, 0.3) is 0 Å². The van der Waals surface area contributed by atoms with Crippen LogP contribution >= 0.6 is 11.8 Å². The first-order valence-corrected chi connectivity index (χ1v) is 6.87. The van der Waals surface area contributed by atoms with Gasteiger partial charge in [0.2, 0.25) is 5.91 Å². The largest absolute Gasteiger partial charge is 0.395 e. The van der Waals surface area contributed by atoms with Crippen molar-refractivity contribution in [2.75, 3.05) is 44.9 Å². The molecule has 0 atom stereocenters. The van der Waals surface area contributed by atoms with E-state index in [0.29, 0.717) is 25.4 Å². The molecule has 1 N–H and O–H groups in total. The summed E-state index contributed by atoms with van der Waals surface area (Å²) < 4.78 is 4.93. The Hall–Kier alpha value is -0.260. The van der Waals surface area contributed by atoms with Crippen LogP contribution in [0.3, 0.4) is 0 Å². The van der Waals surface area contributed by atoms with E-state index in [2.05, 4.69) is 6.92 Å². The molecule has 0 heterocycles. The van der Waals surface area contributed by atoms with E-state index in [1.54, 1.807) is 23.8 Å². The molecule has 0 saturated heterocycles. The zero-order chi connectivity index (χ0) is 12.2. The highest BCUT2D eigenvalue weighted by Gasteiger charge is 2.11. The van der Waals surface area contributed by atoms with Crippen LogP contribution in [0.1, 0.15) is 19.8 Å². The molecule has 0 unspecified atom stereocenters. The van der Waals surface area contributed by atoms with E-state index in [1.807, 2.05) is 0 Å². The van der Waals surface area contributed by atoms with E-state index in [0.717, 1.165) is 18.6 Å². The van der Waals surface area contributed by atoms with Crippen molar-refractivity contribution in [1.29, 1.82) is 0 Å². The molecule has 0 aliphatic heterocycles. The molecule has 0 aromatic carbocycles. The second-order valence-corrected chi connectivity index (χ2v) is 4.61. The second-order valence-electron chi connectivity index (χ2n) is 3.50. The van der Waals surface area contributed by atoms with Crippen LogP contribution in [0.5, 0.6) is 0 Å². The number of carbonyl (C=O) groups excluding carboxylic acids is 1. The molecule has 0 spiro atoms. The summed E-state index contributed by atoms with van der Waals surface area (Å²) in [5, 5.41) is 8.85. The van der Waals surface area contributed by atoms with E-state index in [1.165, 1.54) is 0 Å². The zero-order valence-electron chi connectivity index (χ0n) is 10.3. The quantitative estimate of drug-likeness (QED) is 0.587. The van der Waals surface area contributed by atoms with Gasteiger partial charge in [0.05, 0.1) is 19.0 Å². The van der Waals surface area contributed by atoms with E-state index >= 15 is 0 Å². The van der Waals surface area contributed by atoms with Gasteiger partial charge in [-0.3, -0.25) is 4.79 Å². The van der Waals surface area contributed by atoms with E-state index in [-0.39, 0.29) is 12.5 Å². The minimum absolute atomic E-state index is 0.00901. The standard InChI is InChI=1S/C11H23NO3S/c1-3-4-9-16-10-11(14)12(5-7-13)6-8-15-2/h13H,3-10H2,1-2H3. The van der Waals surface area contributed by atoms with Gasteiger partial charge in [-0.25, -0.2) is 0 Å². The minimum atomic E-state index is 0.00901. The summed E-state index contributed by atoms with van der Waals surface area (Å²) in [4.78, 5) is 13.4. The number of unbranched alkanes of at least 4 members (excludes halogenated alkanes) is 1. The summed E-state index contributed by atoms with van der Waals surface area (Å²) in [6, 6.07) is 0. The summed E-state index contributed by atoms with van der Waals surface area (Å²) in [5.74, 6) is 1.62. The monoisotopic (exact) mass is 249 g/mol. The lowest BCUT2D eigenvalue weighted by Gasteiger charge is -2.21. The molecule has 0 aromatic heterocycles. The SMILES string of the molecule is CCCCSCC(=O)N(CCO)CCOC. The maximum absolute atomic E-state index is 11.7. The number of methoxy groups -OCH3 is 1. The summed E-state index contributed by atoms with van der Waals surface area (Å²) in [5.41, 5.74) is 0. The molecule has 5 heteroatoms. The van der Waals surface area contributed by atoms with Crippen LogP contribution in [0.15, 0.2) is 0 Å². The molecule has 0 radical (unpaired) electrons. The van der Waals surface area contributed by atoms with Crippen molar-refractivity contribution >= 4 is 17.7 Å². The van der Waals surface area contributed by atoms with Crippen molar-refractivity contribution in [3.8, 4) is 0 Å². The maximum atomic E-state index is 11.7. The normalized spacial score (nSPS) is 10.4. The van der Waals surface area contributed by atoms with Gasteiger partial charge in [-0.15, -0.1) is 0 Å². The highest BCUT2D eigenvalue weighted by atomic mass is 32.2. The number of ether oxygens (including phenoxy) is 1. The molecule has 0 rings (SSSR count). The summed E-state index contributed by atoms with van der Waals surface area (Å²) in [7, 11) is 1.61. The molecule has 0 aromatic rings. The van der Waals surface area contributed by atoms with Gasteiger partial charge in [-0.05, 0) is 12.2 Å². The van der Waals surface area contributed by atoms with Gasteiger partial charge in [0.1, 0.15) is 0 Å². The lowest BCUT2D eigenvalue weighted by Crippen LogP contribution is -2.37. The van der Waals surface area contributed by atoms with Crippen molar-refractivity contribution < 1.29 is 14.6 Å². The number of carbonyl (C=O) groups is 1. The smallest absolute Gasteiger partial charge is 0.232 e. The first-order chi connectivity index (χ1) is 7.76. The number of aliphatic hydroxyl groups excluding tert-OH is 1. The van der Waals surface area contributed by atoms with Gasteiger partial charge >= 0.3 is 0 Å². The van der Waals surface area contributed by atoms with Gasteiger partial charge in [0.15, 0.2) is 0 Å². The number of aliphatic hydroxyl groups is 1. The fraction of sp³-hybridized carbons (Fsp3) is 0.909. The highest BCUT2D eigenvalue weighted by molar-refractivity contribution is 7.99. The molecule has 0 saturated carbocycles. The van der Waals surface area contributed by atoms with Crippen molar-refractivity contribution in [1.82, 2.24) is 4.90 Å². The Labute approximate surface area is 102 Å². The van der Waals surface area contributed by atoms with Crippen LogP contribution in [0.25, 0.3) is 0 Å². The molecular formula is C11H23NO3S. The van der Waals surface area contributed by atoms with Gasteiger partial charge in [-0.2, -0.15) is 11.8 Å². The van der Waals surface area contributed by atoms with E-state index in [9.17, 15) is 4.79 Å². The van der Waals surface area contributed by atoms with Crippen LogP contribution in [-0.4, -0.2) is 60.8 Å². The van der Waals surface area contributed by atoms with Crippen molar-refractivity contribution in [3.05, 3.63) is 0 Å². The van der Waals surface area contributed by atoms with Crippen molar-refractivity contribution in [2.24, 2.45) is 0 Å². The summed E-state index contributed by atoms with van der Waals surface area (Å²) in [6.07, 6.45) is 2.31. The third kappa shape index (κ3) is 7.96. The fourth-order valence-electron chi connectivity index (χ4n) is 1.18. The van der Waals surface area contributed by atoms with Crippen LogP contribution in [-0.2, 0) is 9.53 Å². The molecular weight excluding hydrogens is 226 g/mol. The molecule has 0 aliphatic carbocycles. The Morgan fingerprint density at radius 2 is 2.19 bits per heavy atom. The molecule has 4 nitrogen and oxygen atoms in total. The number of rotatable bonds is 10. The van der Waals surface area contributed by atoms with Crippen molar-refractivity contribution in [3.63, 3.8) is 0 Å². The zero-order valence-corrected chi connectivity index (χ0v) is 11.1. The minimum Gasteiger partial charge on any atom is -0.395 e. The van der Waals surface area contributed by atoms with Crippen LogP contribution in [0, 0.1) is 0 Å². The Kier molecular flexibility index (Phi) is 11.0. The third-order valence-corrected chi connectivity index (χ3v) is 3.18. The Bertz CT molecular complexity index is 179. The van der Waals surface area contributed by atoms with Crippen LogP contribution in [0.4, 0.5) is 0 Å².